The van der Waals surface area contributed by atoms with Crippen molar-refractivity contribution in [1.29, 1.82) is 0 Å². The van der Waals surface area contributed by atoms with Crippen LogP contribution in [0.5, 0.6) is 5.75 Å². The topological polar surface area (TPSA) is 85.4 Å². The van der Waals surface area contributed by atoms with E-state index in [-0.39, 0.29) is 4.34 Å². The third-order valence-corrected chi connectivity index (χ3v) is 6.42. The van der Waals surface area contributed by atoms with E-state index in [1.54, 1.807) is 42.5 Å². The summed E-state index contributed by atoms with van der Waals surface area (Å²) in [6, 6.07) is 13.9. The lowest BCUT2D eigenvalue weighted by atomic mass is 10.3. The molecular weight excluding hydrogens is 360 g/mol. The molecule has 0 radical (unpaired) electrons. The molecule has 130 valence electrons. The monoisotopic (exact) mass is 376 g/mol. The lowest BCUT2D eigenvalue weighted by Crippen LogP contribution is -2.22. The Morgan fingerprint density at radius 2 is 1.88 bits per heavy atom. The molecule has 1 N–H and O–H groups in total. The number of thiazole rings is 1. The summed E-state index contributed by atoms with van der Waals surface area (Å²) in [6.07, 6.45) is 0. The lowest BCUT2D eigenvalue weighted by molar-refractivity contribution is -0.113. The number of anilines is 1. The van der Waals surface area contributed by atoms with E-state index in [1.165, 1.54) is 0 Å². The van der Waals surface area contributed by atoms with Crippen molar-refractivity contribution in [3.05, 3.63) is 48.5 Å². The van der Waals surface area contributed by atoms with Gasteiger partial charge in [-0.2, -0.15) is 0 Å². The Morgan fingerprint density at radius 3 is 2.56 bits per heavy atom. The Morgan fingerprint density at radius 1 is 1.16 bits per heavy atom. The third kappa shape index (κ3) is 4.15. The van der Waals surface area contributed by atoms with Crippen LogP contribution in [-0.4, -0.2) is 31.7 Å². The third-order valence-electron chi connectivity index (χ3n) is 3.31. The van der Waals surface area contributed by atoms with Crippen LogP contribution in [0.25, 0.3) is 10.2 Å². The zero-order valence-corrected chi connectivity index (χ0v) is 15.1. The molecule has 0 fully saturated rings. The van der Waals surface area contributed by atoms with Crippen molar-refractivity contribution in [3.8, 4) is 5.75 Å². The molecule has 0 atom stereocenters. The molecule has 0 aliphatic rings. The van der Waals surface area contributed by atoms with E-state index in [2.05, 4.69) is 10.3 Å². The Kier molecular flexibility index (Phi) is 5.00. The van der Waals surface area contributed by atoms with Crippen LogP contribution in [0.3, 0.4) is 0 Å². The number of rotatable bonds is 6. The van der Waals surface area contributed by atoms with Crippen molar-refractivity contribution in [1.82, 2.24) is 4.98 Å². The van der Waals surface area contributed by atoms with Gasteiger partial charge in [0.2, 0.25) is 20.1 Å². The molecule has 0 spiro atoms. The van der Waals surface area contributed by atoms with E-state index in [0.717, 1.165) is 16.0 Å². The van der Waals surface area contributed by atoms with Crippen molar-refractivity contribution in [2.75, 3.05) is 17.7 Å². The van der Waals surface area contributed by atoms with E-state index in [1.807, 2.05) is 13.0 Å². The van der Waals surface area contributed by atoms with Crippen LogP contribution >= 0.6 is 11.3 Å². The summed E-state index contributed by atoms with van der Waals surface area (Å²) in [5.74, 6) is -0.578. The molecule has 1 aromatic heterocycles. The fraction of sp³-hybridized carbons (Fsp3) is 0.176. The molecule has 2 aromatic carbocycles. The van der Waals surface area contributed by atoms with Crippen LogP contribution in [0.4, 0.5) is 5.69 Å². The number of aromatic nitrogens is 1. The van der Waals surface area contributed by atoms with E-state index in [4.69, 9.17) is 4.74 Å². The number of amides is 1. The predicted octanol–water partition coefficient (Wildman–Crippen LogP) is 3.11. The number of sulfone groups is 1. The van der Waals surface area contributed by atoms with Crippen LogP contribution in [-0.2, 0) is 14.6 Å². The van der Waals surface area contributed by atoms with Crippen molar-refractivity contribution in [3.63, 3.8) is 0 Å². The van der Waals surface area contributed by atoms with Crippen LogP contribution in [0, 0.1) is 0 Å². The molecule has 25 heavy (non-hydrogen) atoms. The van der Waals surface area contributed by atoms with Crippen molar-refractivity contribution < 1.29 is 17.9 Å². The summed E-state index contributed by atoms with van der Waals surface area (Å²) in [5.41, 5.74) is 1.12. The molecule has 8 heteroatoms. The average molecular weight is 376 g/mol. The number of carbonyl (C=O) groups is 1. The van der Waals surface area contributed by atoms with Crippen molar-refractivity contribution in [2.24, 2.45) is 0 Å². The van der Waals surface area contributed by atoms with Gasteiger partial charge in [0.05, 0.1) is 16.8 Å². The fourth-order valence-electron chi connectivity index (χ4n) is 2.22. The maximum atomic E-state index is 12.4. The summed E-state index contributed by atoms with van der Waals surface area (Å²) in [6.45, 7) is 2.43. The number of nitrogens with zero attached hydrogens (tertiary/aromatic N) is 1. The van der Waals surface area contributed by atoms with Crippen molar-refractivity contribution in [2.45, 2.75) is 11.3 Å². The molecule has 1 amide bonds. The van der Waals surface area contributed by atoms with Gasteiger partial charge in [0.15, 0.2) is 0 Å². The summed E-state index contributed by atoms with van der Waals surface area (Å²) in [7, 11) is -3.79. The molecule has 3 aromatic rings. The van der Waals surface area contributed by atoms with Crippen molar-refractivity contribution >= 4 is 43.0 Å². The maximum absolute atomic E-state index is 12.4. The van der Waals surface area contributed by atoms with Gasteiger partial charge in [0.25, 0.3) is 0 Å². The predicted molar refractivity (Wildman–Crippen MR) is 97.9 cm³/mol. The highest BCUT2D eigenvalue weighted by molar-refractivity contribution is 7.94. The minimum atomic E-state index is -3.79. The van der Waals surface area contributed by atoms with Gasteiger partial charge < -0.3 is 10.1 Å². The zero-order chi connectivity index (χ0) is 17.9. The van der Waals surface area contributed by atoms with Gasteiger partial charge in [-0.15, -0.1) is 11.3 Å². The smallest absolute Gasteiger partial charge is 0.240 e. The highest BCUT2D eigenvalue weighted by Crippen LogP contribution is 2.26. The van der Waals surface area contributed by atoms with Crippen LogP contribution in [0.15, 0.2) is 52.9 Å². The molecule has 0 aliphatic heterocycles. The lowest BCUT2D eigenvalue weighted by Gasteiger charge is -2.07. The molecular formula is C17H16N2O4S2. The molecule has 0 unspecified atom stereocenters. The fourth-order valence-corrected chi connectivity index (χ4v) is 4.65. The molecule has 6 nitrogen and oxygen atoms in total. The summed E-state index contributed by atoms with van der Waals surface area (Å²) in [4.78, 5) is 16.2. The second kappa shape index (κ2) is 7.20. The first kappa shape index (κ1) is 17.4. The second-order valence-electron chi connectivity index (χ2n) is 5.21. The maximum Gasteiger partial charge on any atom is 0.240 e. The number of hydrogen-bond donors (Lipinski definition) is 1. The summed E-state index contributed by atoms with van der Waals surface area (Å²) >= 11 is 1.06. The first-order chi connectivity index (χ1) is 12.0. The normalized spacial score (nSPS) is 11.4. The first-order valence-electron chi connectivity index (χ1n) is 7.59. The quantitative estimate of drug-likeness (QED) is 0.714. The van der Waals surface area contributed by atoms with Gasteiger partial charge in [-0.05, 0) is 43.3 Å². The van der Waals surface area contributed by atoms with Gasteiger partial charge in [-0.1, -0.05) is 12.1 Å². The number of para-hydroxylation sites is 1. The zero-order valence-electron chi connectivity index (χ0n) is 13.4. The average Bonchev–Trinajstić information content (AvgIpc) is 3.01. The molecule has 0 saturated heterocycles. The Bertz CT molecular complexity index is 962. The molecule has 1 heterocycles. The minimum Gasteiger partial charge on any atom is -0.494 e. The minimum absolute atomic E-state index is 0.0458. The Balaban J connectivity index is 1.70. The second-order valence-corrected chi connectivity index (χ2v) is 8.41. The molecule has 0 bridgehead atoms. The SMILES string of the molecule is CCOc1ccc(NC(=O)CS(=O)(=O)c2nc3ccccc3s2)cc1. The largest absolute Gasteiger partial charge is 0.494 e. The molecule has 0 aliphatic carbocycles. The standard InChI is InChI=1S/C17H16N2O4S2/c1-2-23-13-9-7-12(8-10-13)18-16(20)11-25(21,22)17-19-14-5-3-4-6-15(14)24-17/h3-10H,2,11H2,1H3,(H,18,20). The van der Waals surface area contributed by atoms with Gasteiger partial charge in [-0.3, -0.25) is 4.79 Å². The molecule has 3 rings (SSSR count). The number of fused-ring (bicyclic) bond motifs is 1. The van der Waals surface area contributed by atoms with E-state index < -0.39 is 21.5 Å². The first-order valence-corrected chi connectivity index (χ1v) is 10.1. The van der Waals surface area contributed by atoms with Crippen LogP contribution in [0.1, 0.15) is 6.92 Å². The highest BCUT2D eigenvalue weighted by Gasteiger charge is 2.23. The van der Waals surface area contributed by atoms with E-state index in [0.29, 0.717) is 23.6 Å². The van der Waals surface area contributed by atoms with Crippen LogP contribution in [0.2, 0.25) is 0 Å². The van der Waals surface area contributed by atoms with Gasteiger partial charge in [-0.25, -0.2) is 13.4 Å². The van der Waals surface area contributed by atoms with Crippen LogP contribution < -0.4 is 10.1 Å². The summed E-state index contributed by atoms with van der Waals surface area (Å²) in [5, 5.41) is 2.57. The number of ether oxygens (including phenoxy) is 1. The van der Waals surface area contributed by atoms with E-state index >= 15 is 0 Å². The Labute approximate surface area is 149 Å². The van der Waals surface area contributed by atoms with Gasteiger partial charge in [0, 0.05) is 5.69 Å². The van der Waals surface area contributed by atoms with Gasteiger partial charge >= 0.3 is 0 Å². The number of hydrogen-bond acceptors (Lipinski definition) is 6. The van der Waals surface area contributed by atoms with E-state index in [9.17, 15) is 13.2 Å². The summed E-state index contributed by atoms with van der Waals surface area (Å²) < 4.78 is 30.9. The number of nitrogens with one attached hydrogen (secondary N) is 1. The molecule has 0 saturated carbocycles. The number of carbonyl (C=O) groups excluding carboxylic acids is 1. The Hall–Kier alpha value is -2.45. The van der Waals surface area contributed by atoms with Gasteiger partial charge in [0.1, 0.15) is 11.5 Å². The highest BCUT2D eigenvalue weighted by atomic mass is 32.2. The number of benzene rings is 2.